The van der Waals surface area contributed by atoms with E-state index in [0.717, 1.165) is 12.8 Å². The molecule has 0 spiro atoms. The minimum Gasteiger partial charge on any atom is -0.494 e. The average molecular weight is 317 g/mol. The molecule has 1 aliphatic rings. The van der Waals surface area contributed by atoms with E-state index in [1.54, 1.807) is 24.3 Å². The molecular formula is C15H19N5O3. The van der Waals surface area contributed by atoms with Crippen LogP contribution >= 0.6 is 0 Å². The first-order chi connectivity index (χ1) is 11.2. The predicted molar refractivity (Wildman–Crippen MR) is 84.0 cm³/mol. The maximum absolute atomic E-state index is 12.1. The normalized spacial score (nSPS) is 19.1. The van der Waals surface area contributed by atoms with Crippen LogP contribution in [-0.2, 0) is 4.79 Å². The molecule has 23 heavy (non-hydrogen) atoms. The molecule has 0 aromatic heterocycles. The number of rotatable bonds is 8. The second kappa shape index (κ2) is 8.05. The number of ether oxygens (including phenoxy) is 1. The Morgan fingerprint density at radius 1 is 1.43 bits per heavy atom. The van der Waals surface area contributed by atoms with E-state index in [0.29, 0.717) is 17.9 Å². The van der Waals surface area contributed by atoms with Gasteiger partial charge in [0, 0.05) is 17.0 Å². The van der Waals surface area contributed by atoms with Crippen molar-refractivity contribution in [3.05, 3.63) is 40.3 Å². The van der Waals surface area contributed by atoms with E-state index in [1.807, 2.05) is 0 Å². The second-order valence-corrected chi connectivity index (χ2v) is 5.21. The molecule has 0 bridgehead atoms. The van der Waals surface area contributed by atoms with Crippen LogP contribution in [0, 0.1) is 0 Å². The summed E-state index contributed by atoms with van der Waals surface area (Å²) in [5.41, 5.74) is 8.74. The highest BCUT2D eigenvalue weighted by atomic mass is 16.5. The van der Waals surface area contributed by atoms with E-state index in [2.05, 4.69) is 27.6 Å². The monoisotopic (exact) mass is 317 g/mol. The zero-order valence-electron chi connectivity index (χ0n) is 12.9. The number of hydrogen-bond acceptors (Lipinski definition) is 4. The highest BCUT2D eigenvalue weighted by molar-refractivity contribution is 5.99. The number of unbranched alkanes of at least 4 members (excludes halogenated alkanes) is 1. The van der Waals surface area contributed by atoms with Gasteiger partial charge in [0.1, 0.15) is 11.8 Å². The molecule has 0 unspecified atom stereocenters. The molecular weight excluding hydrogens is 298 g/mol. The number of carbonyl (C=O) groups is 2. The zero-order chi connectivity index (χ0) is 16.7. The third kappa shape index (κ3) is 4.37. The molecule has 2 atom stereocenters. The highest BCUT2D eigenvalue weighted by Crippen LogP contribution is 2.14. The van der Waals surface area contributed by atoms with Crippen LogP contribution < -0.4 is 15.4 Å². The van der Waals surface area contributed by atoms with Crippen LogP contribution in [0.25, 0.3) is 10.4 Å². The van der Waals surface area contributed by atoms with Gasteiger partial charge < -0.3 is 15.4 Å². The van der Waals surface area contributed by atoms with Crippen molar-refractivity contribution in [2.24, 2.45) is 5.11 Å². The van der Waals surface area contributed by atoms with Crippen LogP contribution in [0.5, 0.6) is 5.75 Å². The zero-order valence-corrected chi connectivity index (χ0v) is 12.9. The maximum atomic E-state index is 12.1. The van der Waals surface area contributed by atoms with Gasteiger partial charge in [-0.05, 0) is 36.2 Å². The van der Waals surface area contributed by atoms with Gasteiger partial charge in [0.05, 0.1) is 12.6 Å². The van der Waals surface area contributed by atoms with Crippen molar-refractivity contribution in [3.63, 3.8) is 0 Å². The summed E-state index contributed by atoms with van der Waals surface area (Å²) < 4.78 is 5.53. The van der Waals surface area contributed by atoms with Crippen molar-refractivity contribution in [1.29, 1.82) is 0 Å². The molecule has 1 heterocycles. The van der Waals surface area contributed by atoms with E-state index in [9.17, 15) is 9.59 Å². The first-order valence-corrected chi connectivity index (χ1v) is 7.50. The Morgan fingerprint density at radius 3 is 2.78 bits per heavy atom. The fourth-order valence-corrected chi connectivity index (χ4v) is 2.15. The van der Waals surface area contributed by atoms with Crippen molar-refractivity contribution < 1.29 is 14.3 Å². The van der Waals surface area contributed by atoms with Crippen LogP contribution in [-0.4, -0.2) is 37.0 Å². The minimum atomic E-state index is -0.673. The number of benzene rings is 1. The first kappa shape index (κ1) is 16.6. The largest absolute Gasteiger partial charge is 0.494 e. The molecule has 1 aromatic carbocycles. The molecule has 8 nitrogen and oxygen atoms in total. The van der Waals surface area contributed by atoms with Crippen LogP contribution in [0.4, 0.5) is 0 Å². The van der Waals surface area contributed by atoms with Gasteiger partial charge in [-0.1, -0.05) is 18.5 Å². The van der Waals surface area contributed by atoms with E-state index in [4.69, 9.17) is 10.3 Å². The fraction of sp³-hybridized carbons (Fsp3) is 0.467. The lowest BCUT2D eigenvalue weighted by atomic mass is 9.98. The van der Waals surface area contributed by atoms with Crippen LogP contribution in [0.1, 0.15) is 30.1 Å². The van der Waals surface area contributed by atoms with Crippen molar-refractivity contribution in [2.45, 2.75) is 31.8 Å². The van der Waals surface area contributed by atoms with Crippen molar-refractivity contribution >= 4 is 11.8 Å². The Kier molecular flexibility index (Phi) is 5.82. The molecule has 0 saturated carbocycles. The topological polar surface area (TPSA) is 116 Å². The summed E-state index contributed by atoms with van der Waals surface area (Å²) in [6.07, 6.45) is 2.03. The third-order valence-corrected chi connectivity index (χ3v) is 3.52. The van der Waals surface area contributed by atoms with Gasteiger partial charge in [-0.15, -0.1) is 0 Å². The van der Waals surface area contributed by atoms with Crippen LogP contribution in [0.2, 0.25) is 0 Å². The Bertz CT molecular complexity index is 610. The number of β-lactam (4-membered cyclic amide) rings is 1. The lowest BCUT2D eigenvalue weighted by Crippen LogP contribution is -2.70. The number of amides is 2. The SMILES string of the molecule is CCCCOc1ccc(C(=O)N[C@H]2C(=O)N[C@H]2CN=[N+]=[N-])cc1. The summed E-state index contributed by atoms with van der Waals surface area (Å²) >= 11 is 0. The van der Waals surface area contributed by atoms with Gasteiger partial charge >= 0.3 is 0 Å². The second-order valence-electron chi connectivity index (χ2n) is 5.21. The van der Waals surface area contributed by atoms with Gasteiger partial charge in [-0.3, -0.25) is 9.59 Å². The van der Waals surface area contributed by atoms with Crippen molar-refractivity contribution in [1.82, 2.24) is 10.6 Å². The lowest BCUT2D eigenvalue weighted by molar-refractivity contribution is -0.131. The third-order valence-electron chi connectivity index (χ3n) is 3.52. The number of carbonyl (C=O) groups excluding carboxylic acids is 2. The molecule has 122 valence electrons. The molecule has 0 aliphatic carbocycles. The highest BCUT2D eigenvalue weighted by Gasteiger charge is 2.39. The molecule has 2 amide bonds. The molecule has 2 N–H and O–H groups in total. The van der Waals surface area contributed by atoms with Crippen molar-refractivity contribution in [3.8, 4) is 5.75 Å². The molecule has 2 rings (SSSR count). The van der Waals surface area contributed by atoms with Gasteiger partial charge in [-0.2, -0.15) is 0 Å². The molecule has 1 aliphatic heterocycles. The lowest BCUT2D eigenvalue weighted by Gasteiger charge is -2.36. The van der Waals surface area contributed by atoms with Gasteiger partial charge in [0.2, 0.25) is 5.91 Å². The summed E-state index contributed by atoms with van der Waals surface area (Å²) in [4.78, 5) is 26.3. The van der Waals surface area contributed by atoms with E-state index >= 15 is 0 Å². The Hall–Kier alpha value is -2.73. The quantitative estimate of drug-likeness (QED) is 0.250. The molecule has 1 saturated heterocycles. The average Bonchev–Trinajstić information content (AvgIpc) is 2.57. The minimum absolute atomic E-state index is 0.109. The Morgan fingerprint density at radius 2 is 2.17 bits per heavy atom. The molecule has 1 aromatic rings. The Labute approximate surface area is 133 Å². The fourth-order valence-electron chi connectivity index (χ4n) is 2.15. The van der Waals surface area contributed by atoms with Gasteiger partial charge in [0.25, 0.3) is 5.91 Å². The number of nitrogens with one attached hydrogen (secondary N) is 2. The van der Waals surface area contributed by atoms with Crippen LogP contribution in [0.3, 0.4) is 0 Å². The van der Waals surface area contributed by atoms with Gasteiger partial charge in [-0.25, -0.2) is 0 Å². The van der Waals surface area contributed by atoms with E-state index in [1.165, 1.54) is 0 Å². The summed E-state index contributed by atoms with van der Waals surface area (Å²) in [5, 5.41) is 8.63. The molecule has 8 heteroatoms. The standard InChI is InChI=1S/C15H19N5O3/c1-2-3-8-23-11-6-4-10(5-7-11)14(21)19-13-12(9-17-20-16)18-15(13)22/h4-7,12-13H,2-3,8-9H2,1H3,(H,18,22)(H,19,21)/t12-,13+/m0/s1. The summed E-state index contributed by atoms with van der Waals surface area (Å²) in [6.45, 7) is 2.84. The molecule has 0 radical (unpaired) electrons. The van der Waals surface area contributed by atoms with E-state index in [-0.39, 0.29) is 24.4 Å². The smallest absolute Gasteiger partial charge is 0.251 e. The number of hydrogen-bond donors (Lipinski definition) is 2. The maximum Gasteiger partial charge on any atom is 0.251 e. The predicted octanol–water partition coefficient (Wildman–Crippen LogP) is 1.77. The first-order valence-electron chi connectivity index (χ1n) is 7.50. The number of azide groups is 1. The summed E-state index contributed by atoms with van der Waals surface area (Å²) in [7, 11) is 0. The Balaban J connectivity index is 1.90. The number of nitrogens with zero attached hydrogens (tertiary/aromatic N) is 3. The van der Waals surface area contributed by atoms with Crippen LogP contribution in [0.15, 0.2) is 29.4 Å². The molecule has 1 fully saturated rings. The van der Waals surface area contributed by atoms with E-state index < -0.39 is 6.04 Å². The van der Waals surface area contributed by atoms with Crippen molar-refractivity contribution in [2.75, 3.05) is 13.2 Å². The summed E-state index contributed by atoms with van der Waals surface area (Å²) in [6, 6.07) is 5.71. The van der Waals surface area contributed by atoms with Gasteiger partial charge in [0.15, 0.2) is 0 Å². The summed E-state index contributed by atoms with van der Waals surface area (Å²) in [5.74, 6) is 0.0736.